The van der Waals surface area contributed by atoms with Crippen LogP contribution in [0, 0.1) is 0 Å². The molecule has 22 heavy (non-hydrogen) atoms. The van der Waals surface area contributed by atoms with Crippen LogP contribution in [0.5, 0.6) is 0 Å². The minimum atomic E-state index is 0.473. The minimum absolute atomic E-state index is 0.473. The zero-order chi connectivity index (χ0) is 16.4. The Balaban J connectivity index is 2.79. The maximum absolute atomic E-state index is 5.92. The van der Waals surface area contributed by atoms with Gasteiger partial charge in [-0.1, -0.05) is 53.7 Å². The van der Waals surface area contributed by atoms with E-state index >= 15 is 0 Å². The number of pyridine rings is 1. The number of hydrogen-bond donors (Lipinski definition) is 0. The van der Waals surface area contributed by atoms with Crippen molar-refractivity contribution in [2.45, 2.75) is 59.3 Å². The van der Waals surface area contributed by atoms with Crippen molar-refractivity contribution in [2.75, 3.05) is 0 Å². The van der Waals surface area contributed by atoms with Crippen molar-refractivity contribution in [1.82, 2.24) is 4.98 Å². The minimum Gasteiger partial charge on any atom is -0.273 e. The van der Waals surface area contributed by atoms with Gasteiger partial charge in [0, 0.05) is 6.20 Å². The first-order chi connectivity index (χ1) is 10.3. The summed E-state index contributed by atoms with van der Waals surface area (Å²) in [5, 5.41) is 0. The Morgan fingerprint density at radius 2 is 1.36 bits per heavy atom. The van der Waals surface area contributed by atoms with Gasteiger partial charge in [-0.15, -0.1) is 0 Å². The van der Waals surface area contributed by atoms with Gasteiger partial charge in [0.05, 0.1) is 0 Å². The molecule has 0 aliphatic rings. The zero-order valence-electron chi connectivity index (χ0n) is 14.6. The summed E-state index contributed by atoms with van der Waals surface area (Å²) < 4.78 is 0. The molecule has 0 saturated heterocycles. The summed E-state index contributed by atoms with van der Waals surface area (Å²) in [5.74, 6) is 1.48. The Morgan fingerprint density at radius 3 is 1.77 bits per heavy atom. The van der Waals surface area contributed by atoms with Crippen LogP contribution in [0.3, 0.4) is 0 Å². The molecule has 114 valence electrons. The number of nitrogens with zero attached hydrogens (tertiary/aromatic N) is 1. The van der Waals surface area contributed by atoms with Crippen LogP contribution in [-0.2, 0) is 0 Å². The van der Waals surface area contributed by atoms with Crippen LogP contribution in [0.15, 0.2) is 30.5 Å². The standard InChI is InChI=1S/C20H26BN/c1-12(2)16-9-17(13(3)4)20(18(10-16)14(5)6)15-7-8-22-19(21)11-15/h7-14H,1-6H3. The maximum atomic E-state index is 5.92. The Labute approximate surface area is 136 Å². The molecular formula is C20H26BN. The summed E-state index contributed by atoms with van der Waals surface area (Å²) in [4.78, 5) is 4.14. The van der Waals surface area contributed by atoms with Crippen LogP contribution < -0.4 is 5.59 Å². The van der Waals surface area contributed by atoms with Gasteiger partial charge in [-0.25, -0.2) is 0 Å². The molecular weight excluding hydrogens is 265 g/mol. The van der Waals surface area contributed by atoms with E-state index in [0.29, 0.717) is 23.3 Å². The van der Waals surface area contributed by atoms with E-state index in [-0.39, 0.29) is 0 Å². The molecule has 0 unspecified atom stereocenters. The van der Waals surface area contributed by atoms with Gasteiger partial charge in [0.2, 0.25) is 0 Å². The molecule has 0 aliphatic carbocycles. The van der Waals surface area contributed by atoms with Gasteiger partial charge < -0.3 is 0 Å². The first-order valence-corrected chi connectivity index (χ1v) is 8.20. The van der Waals surface area contributed by atoms with Crippen molar-refractivity contribution in [3.8, 4) is 11.1 Å². The van der Waals surface area contributed by atoms with Crippen molar-refractivity contribution in [3.63, 3.8) is 0 Å². The molecule has 2 heteroatoms. The molecule has 0 fully saturated rings. The Morgan fingerprint density at radius 1 is 0.818 bits per heavy atom. The SMILES string of the molecule is [B]c1cc(-c2c(C(C)C)cc(C(C)C)cc2C(C)C)ccn1. The van der Waals surface area contributed by atoms with E-state index in [1.807, 2.05) is 6.07 Å². The first kappa shape index (κ1) is 16.8. The van der Waals surface area contributed by atoms with E-state index in [2.05, 4.69) is 64.7 Å². The fraction of sp³-hybridized carbons (Fsp3) is 0.450. The molecule has 0 N–H and O–H groups in total. The van der Waals surface area contributed by atoms with Gasteiger partial charge in [0.25, 0.3) is 0 Å². The van der Waals surface area contributed by atoms with E-state index in [1.54, 1.807) is 6.20 Å². The zero-order valence-corrected chi connectivity index (χ0v) is 14.6. The second-order valence-electron chi connectivity index (χ2n) is 7.01. The van der Waals surface area contributed by atoms with Crippen LogP contribution in [-0.4, -0.2) is 12.8 Å². The molecule has 1 nitrogen and oxygen atoms in total. The van der Waals surface area contributed by atoms with E-state index in [9.17, 15) is 0 Å². The molecule has 0 spiro atoms. The van der Waals surface area contributed by atoms with Gasteiger partial charge >= 0.3 is 0 Å². The molecule has 0 saturated carbocycles. The molecule has 1 heterocycles. The lowest BCUT2D eigenvalue weighted by molar-refractivity contribution is 0.807. The highest BCUT2D eigenvalue weighted by molar-refractivity contribution is 6.30. The maximum Gasteiger partial charge on any atom is 0.141 e. The number of rotatable bonds is 4. The summed E-state index contributed by atoms with van der Waals surface area (Å²) in [6, 6.07) is 8.79. The fourth-order valence-electron chi connectivity index (χ4n) is 2.89. The van der Waals surface area contributed by atoms with Crippen molar-refractivity contribution in [2.24, 2.45) is 0 Å². The summed E-state index contributed by atoms with van der Waals surface area (Å²) in [6.07, 6.45) is 1.80. The number of hydrogen-bond acceptors (Lipinski definition) is 1. The summed E-state index contributed by atoms with van der Waals surface area (Å²) in [7, 11) is 5.92. The third kappa shape index (κ3) is 3.43. The van der Waals surface area contributed by atoms with Crippen molar-refractivity contribution < 1.29 is 0 Å². The summed E-state index contributed by atoms with van der Waals surface area (Å²) >= 11 is 0. The highest BCUT2D eigenvalue weighted by Crippen LogP contribution is 2.38. The molecule has 0 amide bonds. The van der Waals surface area contributed by atoms with Gasteiger partial charge in [-0.05, 0) is 63.3 Å². The molecule has 0 atom stereocenters. The normalized spacial score (nSPS) is 11.7. The third-order valence-electron chi connectivity index (χ3n) is 4.20. The lowest BCUT2D eigenvalue weighted by atomic mass is 9.81. The van der Waals surface area contributed by atoms with Gasteiger partial charge in [-0.3, -0.25) is 4.98 Å². The lowest BCUT2D eigenvalue weighted by Gasteiger charge is -2.23. The highest BCUT2D eigenvalue weighted by atomic mass is 14.6. The molecule has 2 rings (SSSR count). The van der Waals surface area contributed by atoms with Crippen LogP contribution in [0.1, 0.15) is 76.0 Å². The molecule has 2 aromatic rings. The Bertz CT molecular complexity index is 628. The topological polar surface area (TPSA) is 12.9 Å². The summed E-state index contributed by atoms with van der Waals surface area (Å²) in [6.45, 7) is 13.6. The quantitative estimate of drug-likeness (QED) is 0.729. The van der Waals surface area contributed by atoms with Gasteiger partial charge in [-0.2, -0.15) is 0 Å². The second-order valence-corrected chi connectivity index (χ2v) is 7.01. The Kier molecular flexibility index (Phi) is 5.10. The average molecular weight is 291 g/mol. The molecule has 0 aliphatic heterocycles. The Hall–Kier alpha value is -1.57. The van der Waals surface area contributed by atoms with Crippen molar-refractivity contribution >= 4 is 13.4 Å². The van der Waals surface area contributed by atoms with Crippen LogP contribution in [0.25, 0.3) is 11.1 Å². The monoisotopic (exact) mass is 291 g/mol. The second kappa shape index (κ2) is 6.68. The van der Waals surface area contributed by atoms with Crippen LogP contribution >= 0.6 is 0 Å². The van der Waals surface area contributed by atoms with E-state index in [0.717, 1.165) is 0 Å². The van der Waals surface area contributed by atoms with Crippen LogP contribution in [0.4, 0.5) is 0 Å². The third-order valence-corrected chi connectivity index (χ3v) is 4.20. The van der Waals surface area contributed by atoms with Gasteiger partial charge in [0.1, 0.15) is 7.85 Å². The molecule has 1 aromatic heterocycles. The smallest absolute Gasteiger partial charge is 0.141 e. The van der Waals surface area contributed by atoms with Crippen molar-refractivity contribution in [1.29, 1.82) is 0 Å². The van der Waals surface area contributed by atoms with Gasteiger partial charge in [0.15, 0.2) is 0 Å². The largest absolute Gasteiger partial charge is 0.273 e. The van der Waals surface area contributed by atoms with E-state index in [1.165, 1.54) is 27.8 Å². The number of benzene rings is 1. The lowest BCUT2D eigenvalue weighted by Crippen LogP contribution is -2.09. The number of aromatic nitrogens is 1. The summed E-state index contributed by atoms with van der Waals surface area (Å²) in [5.41, 5.74) is 7.31. The fourth-order valence-corrected chi connectivity index (χ4v) is 2.89. The average Bonchev–Trinajstić information content (AvgIpc) is 2.45. The van der Waals surface area contributed by atoms with Crippen molar-refractivity contribution in [3.05, 3.63) is 47.2 Å². The van der Waals surface area contributed by atoms with E-state index < -0.39 is 0 Å². The molecule has 2 radical (unpaired) electrons. The van der Waals surface area contributed by atoms with Crippen LogP contribution in [0.2, 0.25) is 0 Å². The predicted molar refractivity (Wildman–Crippen MR) is 97.3 cm³/mol. The first-order valence-electron chi connectivity index (χ1n) is 8.20. The highest BCUT2D eigenvalue weighted by Gasteiger charge is 2.18. The molecule has 1 aromatic carbocycles. The van der Waals surface area contributed by atoms with E-state index in [4.69, 9.17) is 7.85 Å². The molecule has 0 bridgehead atoms. The predicted octanol–water partition coefficient (Wildman–Crippen LogP) is 4.91.